The molecule has 1 aliphatic carbocycles. The van der Waals surface area contributed by atoms with Gasteiger partial charge in [-0.2, -0.15) is 0 Å². The van der Waals surface area contributed by atoms with Gasteiger partial charge in [0.2, 0.25) is 5.91 Å². The van der Waals surface area contributed by atoms with E-state index in [0.29, 0.717) is 13.1 Å². The van der Waals surface area contributed by atoms with E-state index in [2.05, 4.69) is 16.0 Å². The summed E-state index contributed by atoms with van der Waals surface area (Å²) < 4.78 is 0. The Morgan fingerprint density at radius 1 is 1.39 bits per heavy atom. The van der Waals surface area contributed by atoms with Gasteiger partial charge in [0.25, 0.3) is 0 Å². The summed E-state index contributed by atoms with van der Waals surface area (Å²) in [5, 5.41) is 16.8. The lowest BCUT2D eigenvalue weighted by molar-refractivity contribution is -0.121. The normalized spacial score (nSPS) is 17.9. The van der Waals surface area contributed by atoms with Crippen molar-refractivity contribution in [3.63, 3.8) is 0 Å². The van der Waals surface area contributed by atoms with Crippen LogP contribution in [0.2, 0.25) is 0 Å². The van der Waals surface area contributed by atoms with Crippen molar-refractivity contribution in [1.29, 1.82) is 0 Å². The zero-order valence-corrected chi connectivity index (χ0v) is 11.1. The molecule has 3 amide bonds. The van der Waals surface area contributed by atoms with E-state index >= 15 is 0 Å². The molecule has 0 saturated heterocycles. The van der Waals surface area contributed by atoms with E-state index in [-0.39, 0.29) is 17.9 Å². The number of hydrogen-bond acceptors (Lipinski definition) is 4. The van der Waals surface area contributed by atoms with Crippen LogP contribution < -0.4 is 16.0 Å². The molecule has 0 radical (unpaired) electrons. The molecular weight excluding hydrogens is 234 g/mol. The molecule has 104 valence electrons. The molecular formula is C12H23N3O3. The lowest BCUT2D eigenvalue weighted by Gasteiger charge is -2.18. The second-order valence-corrected chi connectivity index (χ2v) is 4.92. The van der Waals surface area contributed by atoms with Crippen molar-refractivity contribution in [3.05, 3.63) is 0 Å². The molecule has 1 unspecified atom stereocenters. The van der Waals surface area contributed by atoms with Gasteiger partial charge in [0.05, 0.1) is 6.04 Å². The van der Waals surface area contributed by atoms with Crippen molar-refractivity contribution in [3.8, 4) is 0 Å². The Morgan fingerprint density at radius 3 is 2.56 bits per heavy atom. The number of nitrogens with one attached hydrogen (secondary N) is 3. The Balaban J connectivity index is 2.25. The first-order valence-electron chi connectivity index (χ1n) is 6.46. The fourth-order valence-electron chi connectivity index (χ4n) is 1.82. The van der Waals surface area contributed by atoms with Crippen LogP contribution in [0.4, 0.5) is 4.79 Å². The molecule has 0 aliphatic heterocycles. The first-order valence-corrected chi connectivity index (χ1v) is 6.46. The molecule has 1 fully saturated rings. The molecule has 1 saturated carbocycles. The highest BCUT2D eigenvalue weighted by atomic mass is 16.3. The summed E-state index contributed by atoms with van der Waals surface area (Å²) in [4.78, 5) is 22.8. The number of imide groups is 1. The van der Waals surface area contributed by atoms with Gasteiger partial charge in [-0.15, -0.1) is 0 Å². The molecule has 0 bridgehead atoms. The molecule has 0 heterocycles. The number of aliphatic hydroxyl groups is 1. The van der Waals surface area contributed by atoms with Crippen LogP contribution in [0.3, 0.4) is 0 Å². The molecule has 0 aromatic carbocycles. The second kappa shape index (κ2) is 6.70. The number of urea groups is 1. The minimum atomic E-state index is -0.465. The Hall–Kier alpha value is -1.14. The summed E-state index contributed by atoms with van der Waals surface area (Å²) in [6.45, 7) is 4.89. The van der Waals surface area contributed by atoms with Gasteiger partial charge in [-0.25, -0.2) is 4.79 Å². The molecule has 0 aromatic rings. The van der Waals surface area contributed by atoms with Gasteiger partial charge < -0.3 is 15.7 Å². The van der Waals surface area contributed by atoms with E-state index in [1.807, 2.05) is 0 Å². The third-order valence-electron chi connectivity index (χ3n) is 3.35. The van der Waals surface area contributed by atoms with Gasteiger partial charge in [0, 0.05) is 19.7 Å². The molecule has 6 heteroatoms. The first kappa shape index (κ1) is 14.9. The maximum atomic E-state index is 11.6. The number of aliphatic hydroxyl groups excluding tert-OH is 1. The van der Waals surface area contributed by atoms with Gasteiger partial charge in [0.1, 0.15) is 0 Å². The van der Waals surface area contributed by atoms with E-state index in [1.54, 1.807) is 13.8 Å². The first-order chi connectivity index (χ1) is 8.53. The van der Waals surface area contributed by atoms with Gasteiger partial charge in [0.15, 0.2) is 0 Å². The lowest BCUT2D eigenvalue weighted by Crippen LogP contribution is -2.49. The number of carbonyl (C=O) groups excluding carboxylic acids is 2. The summed E-state index contributed by atoms with van der Waals surface area (Å²) >= 11 is 0. The minimum Gasteiger partial charge on any atom is -0.396 e. The summed E-state index contributed by atoms with van der Waals surface area (Å²) in [6, 6.07) is -0.878. The van der Waals surface area contributed by atoms with Crippen molar-refractivity contribution in [2.45, 2.75) is 39.2 Å². The van der Waals surface area contributed by atoms with Crippen LogP contribution in [0.15, 0.2) is 0 Å². The number of amides is 3. The van der Waals surface area contributed by atoms with Crippen LogP contribution >= 0.6 is 0 Å². The highest BCUT2D eigenvalue weighted by molar-refractivity contribution is 5.96. The standard InChI is InChI=1S/C12H23N3O3/c1-3-13-11(18)15-10(17)9(2)14-8-12(4-5-12)6-7-16/h9,14,16H,3-8H2,1-2H3,(H2,13,15,17,18). The Morgan fingerprint density at radius 2 is 2.06 bits per heavy atom. The average Bonchev–Trinajstić information content (AvgIpc) is 3.07. The van der Waals surface area contributed by atoms with Crippen molar-refractivity contribution < 1.29 is 14.7 Å². The van der Waals surface area contributed by atoms with Crippen molar-refractivity contribution >= 4 is 11.9 Å². The number of hydrogen-bond donors (Lipinski definition) is 4. The van der Waals surface area contributed by atoms with Crippen LogP contribution in [0.1, 0.15) is 33.1 Å². The largest absolute Gasteiger partial charge is 0.396 e. The maximum Gasteiger partial charge on any atom is 0.321 e. The Kier molecular flexibility index (Phi) is 5.55. The van der Waals surface area contributed by atoms with E-state index in [4.69, 9.17) is 5.11 Å². The van der Waals surface area contributed by atoms with Crippen LogP contribution in [0.5, 0.6) is 0 Å². The minimum absolute atomic E-state index is 0.162. The van der Waals surface area contributed by atoms with Gasteiger partial charge in [-0.3, -0.25) is 10.1 Å². The van der Waals surface area contributed by atoms with Crippen LogP contribution in [0, 0.1) is 5.41 Å². The topological polar surface area (TPSA) is 90.5 Å². The number of rotatable bonds is 7. The molecule has 0 spiro atoms. The molecule has 1 atom stereocenters. The third-order valence-corrected chi connectivity index (χ3v) is 3.35. The second-order valence-electron chi connectivity index (χ2n) is 4.92. The quantitative estimate of drug-likeness (QED) is 0.515. The highest BCUT2D eigenvalue weighted by Gasteiger charge is 2.41. The maximum absolute atomic E-state index is 11.6. The van der Waals surface area contributed by atoms with E-state index in [1.165, 1.54) is 0 Å². The van der Waals surface area contributed by atoms with Crippen LogP contribution in [-0.4, -0.2) is 42.8 Å². The Labute approximate surface area is 108 Å². The van der Waals surface area contributed by atoms with E-state index < -0.39 is 12.1 Å². The predicted octanol–water partition coefficient (Wildman–Crippen LogP) is -0.0272. The van der Waals surface area contributed by atoms with Crippen LogP contribution in [0.25, 0.3) is 0 Å². The summed E-state index contributed by atoms with van der Waals surface area (Å²) in [7, 11) is 0. The zero-order valence-electron chi connectivity index (χ0n) is 11.1. The predicted molar refractivity (Wildman–Crippen MR) is 68.0 cm³/mol. The third kappa shape index (κ3) is 4.62. The smallest absolute Gasteiger partial charge is 0.321 e. The van der Waals surface area contributed by atoms with Gasteiger partial charge in [-0.1, -0.05) is 0 Å². The monoisotopic (exact) mass is 257 g/mol. The molecule has 1 aliphatic rings. The molecule has 0 aromatic heterocycles. The van der Waals surface area contributed by atoms with E-state index in [0.717, 1.165) is 19.3 Å². The number of carbonyl (C=O) groups is 2. The van der Waals surface area contributed by atoms with Gasteiger partial charge >= 0.3 is 6.03 Å². The zero-order chi connectivity index (χ0) is 13.6. The highest BCUT2D eigenvalue weighted by Crippen LogP contribution is 2.47. The molecule has 18 heavy (non-hydrogen) atoms. The average molecular weight is 257 g/mol. The van der Waals surface area contributed by atoms with Crippen molar-refractivity contribution in [2.24, 2.45) is 5.41 Å². The summed E-state index contributed by atoms with van der Waals surface area (Å²) in [6.07, 6.45) is 2.95. The van der Waals surface area contributed by atoms with Gasteiger partial charge in [-0.05, 0) is 38.5 Å². The SMILES string of the molecule is CCNC(=O)NC(=O)C(C)NCC1(CCO)CC1. The van der Waals surface area contributed by atoms with Crippen molar-refractivity contribution in [2.75, 3.05) is 19.7 Å². The molecule has 4 N–H and O–H groups in total. The summed E-state index contributed by atoms with van der Waals surface area (Å²) in [5.41, 5.74) is 0.162. The van der Waals surface area contributed by atoms with Crippen LogP contribution in [-0.2, 0) is 4.79 Å². The summed E-state index contributed by atoms with van der Waals surface area (Å²) in [5.74, 6) is -0.333. The fraction of sp³-hybridized carbons (Fsp3) is 0.833. The molecule has 6 nitrogen and oxygen atoms in total. The van der Waals surface area contributed by atoms with Crippen molar-refractivity contribution in [1.82, 2.24) is 16.0 Å². The molecule has 1 rings (SSSR count). The van der Waals surface area contributed by atoms with E-state index in [9.17, 15) is 9.59 Å². The Bertz CT molecular complexity index is 303. The fourth-order valence-corrected chi connectivity index (χ4v) is 1.82. The lowest BCUT2D eigenvalue weighted by atomic mass is 10.0.